The molecule has 1 unspecified atom stereocenters. The summed E-state index contributed by atoms with van der Waals surface area (Å²) in [5.41, 5.74) is -0.249. The Morgan fingerprint density at radius 3 is 2.56 bits per heavy atom. The second kappa shape index (κ2) is 6.61. The molecule has 0 fully saturated rings. The number of nitrogens with zero attached hydrogens (tertiary/aromatic N) is 1. The SMILES string of the molecule is C=CCCC(C#N)(CCc1ccccc1)C(=O)O. The van der Waals surface area contributed by atoms with Gasteiger partial charge in [0.25, 0.3) is 0 Å². The third kappa shape index (κ3) is 3.46. The Labute approximate surface area is 107 Å². The van der Waals surface area contributed by atoms with Crippen molar-refractivity contribution in [2.45, 2.75) is 25.7 Å². The summed E-state index contributed by atoms with van der Waals surface area (Å²) in [7, 11) is 0. The van der Waals surface area contributed by atoms with Crippen LogP contribution in [-0.4, -0.2) is 11.1 Å². The van der Waals surface area contributed by atoms with E-state index in [1.165, 1.54) is 0 Å². The van der Waals surface area contributed by atoms with Crippen molar-refractivity contribution in [3.8, 4) is 6.07 Å². The zero-order valence-corrected chi connectivity index (χ0v) is 10.3. The average Bonchev–Trinajstić information content (AvgIpc) is 2.40. The van der Waals surface area contributed by atoms with Gasteiger partial charge < -0.3 is 5.11 Å². The van der Waals surface area contributed by atoms with E-state index in [1.54, 1.807) is 6.08 Å². The van der Waals surface area contributed by atoms with Gasteiger partial charge in [0.15, 0.2) is 5.41 Å². The minimum Gasteiger partial charge on any atom is -0.480 e. The molecule has 1 aromatic carbocycles. The van der Waals surface area contributed by atoms with Crippen LogP contribution in [0.25, 0.3) is 0 Å². The molecule has 1 aromatic rings. The van der Waals surface area contributed by atoms with Gasteiger partial charge in [-0.2, -0.15) is 5.26 Å². The Bertz CT molecular complexity index is 447. The molecule has 1 rings (SSSR count). The summed E-state index contributed by atoms with van der Waals surface area (Å²) in [5.74, 6) is -1.04. The topological polar surface area (TPSA) is 61.1 Å². The molecule has 0 aliphatic carbocycles. The van der Waals surface area contributed by atoms with Crippen molar-refractivity contribution in [1.82, 2.24) is 0 Å². The fourth-order valence-electron chi connectivity index (χ4n) is 1.85. The molecule has 0 saturated carbocycles. The first-order chi connectivity index (χ1) is 8.64. The second-order valence-corrected chi connectivity index (χ2v) is 4.31. The molecule has 1 N–H and O–H groups in total. The number of carbonyl (C=O) groups is 1. The quantitative estimate of drug-likeness (QED) is 0.748. The molecular formula is C15H17NO2. The van der Waals surface area contributed by atoms with Crippen molar-refractivity contribution in [2.75, 3.05) is 0 Å². The van der Waals surface area contributed by atoms with Crippen LogP contribution in [0.1, 0.15) is 24.8 Å². The monoisotopic (exact) mass is 243 g/mol. The largest absolute Gasteiger partial charge is 0.480 e. The molecule has 0 heterocycles. The first kappa shape index (κ1) is 14.0. The molecule has 0 radical (unpaired) electrons. The summed E-state index contributed by atoms with van der Waals surface area (Å²) in [6, 6.07) is 11.6. The summed E-state index contributed by atoms with van der Waals surface area (Å²) in [5, 5.41) is 18.5. The lowest BCUT2D eigenvalue weighted by molar-refractivity contribution is -0.146. The van der Waals surface area contributed by atoms with Crippen molar-refractivity contribution < 1.29 is 9.90 Å². The predicted octanol–water partition coefficient (Wildman–Crippen LogP) is 3.18. The molecule has 3 heteroatoms. The minimum absolute atomic E-state index is 0.315. The number of allylic oxidation sites excluding steroid dienone is 1. The van der Waals surface area contributed by atoms with E-state index < -0.39 is 11.4 Å². The van der Waals surface area contributed by atoms with Crippen molar-refractivity contribution in [3.05, 3.63) is 48.6 Å². The lowest BCUT2D eigenvalue weighted by Gasteiger charge is -2.21. The van der Waals surface area contributed by atoms with E-state index in [0.29, 0.717) is 25.7 Å². The normalized spacial score (nSPS) is 13.3. The Morgan fingerprint density at radius 1 is 1.39 bits per heavy atom. The van der Waals surface area contributed by atoms with Crippen molar-refractivity contribution in [2.24, 2.45) is 5.41 Å². The van der Waals surface area contributed by atoms with Crippen LogP contribution in [0.4, 0.5) is 0 Å². The van der Waals surface area contributed by atoms with Gasteiger partial charge in [0.2, 0.25) is 0 Å². The van der Waals surface area contributed by atoms with Crippen LogP contribution >= 0.6 is 0 Å². The predicted molar refractivity (Wildman–Crippen MR) is 69.9 cm³/mol. The molecule has 1 atom stereocenters. The first-order valence-electron chi connectivity index (χ1n) is 5.94. The average molecular weight is 243 g/mol. The number of carboxylic acid groups (broad SMARTS) is 1. The maximum Gasteiger partial charge on any atom is 0.324 e. The van der Waals surface area contributed by atoms with Gasteiger partial charge in [-0.05, 0) is 31.2 Å². The zero-order chi connectivity index (χ0) is 13.4. The van der Waals surface area contributed by atoms with Crippen LogP contribution in [-0.2, 0) is 11.2 Å². The number of aryl methyl sites for hydroxylation is 1. The fourth-order valence-corrected chi connectivity index (χ4v) is 1.85. The Balaban J connectivity index is 2.76. The van der Waals surface area contributed by atoms with Crippen molar-refractivity contribution in [1.29, 1.82) is 5.26 Å². The molecule has 0 amide bonds. The highest BCUT2D eigenvalue weighted by atomic mass is 16.4. The number of carboxylic acids is 1. The first-order valence-corrected chi connectivity index (χ1v) is 5.94. The van der Waals surface area contributed by atoms with Gasteiger partial charge in [-0.25, -0.2) is 0 Å². The Hall–Kier alpha value is -2.08. The molecule has 0 bridgehead atoms. The standard InChI is InChI=1S/C15H17NO2/c1-2-3-10-15(12-16,14(17)18)11-9-13-7-5-4-6-8-13/h2,4-8H,1,3,9-11H2,(H,17,18). The zero-order valence-electron chi connectivity index (χ0n) is 10.3. The van der Waals surface area contributed by atoms with Gasteiger partial charge in [-0.15, -0.1) is 6.58 Å². The fraction of sp³-hybridized carbons (Fsp3) is 0.333. The number of hydrogen-bond acceptors (Lipinski definition) is 2. The molecule has 0 aromatic heterocycles. The molecule has 18 heavy (non-hydrogen) atoms. The van der Waals surface area contributed by atoms with E-state index in [0.717, 1.165) is 5.56 Å². The Morgan fingerprint density at radius 2 is 2.06 bits per heavy atom. The van der Waals surface area contributed by atoms with Crippen LogP contribution in [0.15, 0.2) is 43.0 Å². The number of benzene rings is 1. The van der Waals surface area contributed by atoms with E-state index in [4.69, 9.17) is 0 Å². The van der Waals surface area contributed by atoms with Crippen LogP contribution < -0.4 is 0 Å². The van der Waals surface area contributed by atoms with Crippen LogP contribution in [0.3, 0.4) is 0 Å². The third-order valence-corrected chi connectivity index (χ3v) is 3.08. The maximum atomic E-state index is 11.3. The molecule has 0 saturated heterocycles. The lowest BCUT2D eigenvalue weighted by atomic mass is 9.79. The van der Waals surface area contributed by atoms with Gasteiger partial charge in [0.05, 0.1) is 6.07 Å². The van der Waals surface area contributed by atoms with Crippen LogP contribution in [0, 0.1) is 16.7 Å². The highest BCUT2D eigenvalue weighted by Gasteiger charge is 2.37. The maximum absolute atomic E-state index is 11.3. The third-order valence-electron chi connectivity index (χ3n) is 3.08. The lowest BCUT2D eigenvalue weighted by Crippen LogP contribution is -2.30. The summed E-state index contributed by atoms with van der Waals surface area (Å²) < 4.78 is 0. The smallest absolute Gasteiger partial charge is 0.324 e. The van der Waals surface area contributed by atoms with Crippen LogP contribution in [0.5, 0.6) is 0 Å². The van der Waals surface area contributed by atoms with E-state index in [1.807, 2.05) is 36.4 Å². The summed E-state index contributed by atoms with van der Waals surface area (Å²) in [6.45, 7) is 3.57. The van der Waals surface area contributed by atoms with Gasteiger partial charge in [0, 0.05) is 0 Å². The van der Waals surface area contributed by atoms with E-state index in [9.17, 15) is 15.2 Å². The van der Waals surface area contributed by atoms with Gasteiger partial charge >= 0.3 is 5.97 Å². The highest BCUT2D eigenvalue weighted by Crippen LogP contribution is 2.30. The van der Waals surface area contributed by atoms with Gasteiger partial charge in [-0.3, -0.25) is 4.79 Å². The number of nitriles is 1. The molecule has 94 valence electrons. The minimum atomic E-state index is -1.30. The van der Waals surface area contributed by atoms with Crippen molar-refractivity contribution in [3.63, 3.8) is 0 Å². The van der Waals surface area contributed by atoms with E-state index >= 15 is 0 Å². The molecular weight excluding hydrogens is 226 g/mol. The van der Waals surface area contributed by atoms with E-state index in [-0.39, 0.29) is 0 Å². The van der Waals surface area contributed by atoms with Crippen LogP contribution in [0.2, 0.25) is 0 Å². The number of aliphatic carboxylic acids is 1. The van der Waals surface area contributed by atoms with E-state index in [2.05, 4.69) is 6.58 Å². The molecule has 0 aliphatic heterocycles. The molecule has 3 nitrogen and oxygen atoms in total. The van der Waals surface area contributed by atoms with Crippen molar-refractivity contribution >= 4 is 5.97 Å². The molecule has 0 spiro atoms. The molecule has 0 aliphatic rings. The summed E-state index contributed by atoms with van der Waals surface area (Å²) in [6.07, 6.45) is 3.43. The van der Waals surface area contributed by atoms with Gasteiger partial charge in [-0.1, -0.05) is 36.4 Å². The number of hydrogen-bond donors (Lipinski definition) is 1. The second-order valence-electron chi connectivity index (χ2n) is 4.31. The van der Waals surface area contributed by atoms with Gasteiger partial charge in [0.1, 0.15) is 0 Å². The number of rotatable bonds is 7. The Kier molecular flexibility index (Phi) is 5.13. The summed E-state index contributed by atoms with van der Waals surface area (Å²) >= 11 is 0. The summed E-state index contributed by atoms with van der Waals surface area (Å²) in [4.78, 5) is 11.3. The highest BCUT2D eigenvalue weighted by molar-refractivity contribution is 5.78.